The maximum Gasteiger partial charge on any atom is 0.0511 e. The molecule has 98 valence electrons. The first-order valence-electron chi connectivity index (χ1n) is 6.83. The van der Waals surface area contributed by atoms with Crippen molar-refractivity contribution in [3.63, 3.8) is 0 Å². The quantitative estimate of drug-likeness (QED) is 0.805. The predicted octanol–water partition coefficient (Wildman–Crippen LogP) is 3.65. The molecule has 1 aliphatic rings. The third-order valence-corrected chi connectivity index (χ3v) is 4.21. The summed E-state index contributed by atoms with van der Waals surface area (Å²) in [6.07, 6.45) is 1.14. The van der Waals surface area contributed by atoms with E-state index in [4.69, 9.17) is 0 Å². The summed E-state index contributed by atoms with van der Waals surface area (Å²) in [5, 5.41) is 4.71. The van der Waals surface area contributed by atoms with Gasteiger partial charge < -0.3 is 0 Å². The van der Waals surface area contributed by atoms with Crippen LogP contribution in [0.3, 0.4) is 0 Å². The lowest BCUT2D eigenvalue weighted by atomic mass is 9.97. The molecule has 1 saturated heterocycles. The zero-order valence-corrected chi connectivity index (χ0v) is 11.5. The van der Waals surface area contributed by atoms with Crippen LogP contribution in [0.15, 0.2) is 60.7 Å². The lowest BCUT2D eigenvalue weighted by molar-refractivity contribution is 0.0252. The molecule has 0 N–H and O–H groups in total. The number of benzene rings is 2. The summed E-state index contributed by atoms with van der Waals surface area (Å²) in [4.78, 5) is 0. The number of hydrogen-bond donors (Lipinski definition) is 0. The SMILES string of the molecule is CN1[C@@H](c2ccccc2)C[C@H](c2ccccc2)N1C. The van der Waals surface area contributed by atoms with E-state index < -0.39 is 0 Å². The Bertz CT molecular complexity index is 474. The van der Waals surface area contributed by atoms with Crippen molar-refractivity contribution >= 4 is 0 Å². The van der Waals surface area contributed by atoms with Gasteiger partial charge in [-0.3, -0.25) is 0 Å². The van der Waals surface area contributed by atoms with Crippen molar-refractivity contribution in [3.8, 4) is 0 Å². The van der Waals surface area contributed by atoms with Crippen molar-refractivity contribution in [2.75, 3.05) is 14.1 Å². The fourth-order valence-corrected chi connectivity index (χ4v) is 3.01. The highest BCUT2D eigenvalue weighted by Crippen LogP contribution is 2.41. The maximum atomic E-state index is 2.35. The molecular weight excluding hydrogens is 232 g/mol. The molecule has 0 aromatic heterocycles. The molecule has 0 spiro atoms. The van der Waals surface area contributed by atoms with Crippen molar-refractivity contribution < 1.29 is 0 Å². The lowest BCUT2D eigenvalue weighted by Crippen LogP contribution is -2.32. The third kappa shape index (κ3) is 2.29. The van der Waals surface area contributed by atoms with E-state index in [2.05, 4.69) is 84.8 Å². The average molecular weight is 252 g/mol. The van der Waals surface area contributed by atoms with Gasteiger partial charge in [-0.25, -0.2) is 10.0 Å². The van der Waals surface area contributed by atoms with Crippen LogP contribution in [0.25, 0.3) is 0 Å². The summed E-state index contributed by atoms with van der Waals surface area (Å²) in [5.74, 6) is 0. The number of hydrogen-bond acceptors (Lipinski definition) is 2. The van der Waals surface area contributed by atoms with E-state index in [0.717, 1.165) is 6.42 Å². The average Bonchev–Trinajstić information content (AvgIpc) is 2.77. The molecule has 0 radical (unpaired) electrons. The lowest BCUT2D eigenvalue weighted by Gasteiger charge is -2.28. The monoisotopic (exact) mass is 252 g/mol. The Kier molecular flexibility index (Phi) is 3.36. The van der Waals surface area contributed by atoms with Gasteiger partial charge in [-0.15, -0.1) is 0 Å². The predicted molar refractivity (Wildman–Crippen MR) is 78.5 cm³/mol. The number of nitrogens with zero attached hydrogens (tertiary/aromatic N) is 2. The Labute approximate surface area is 115 Å². The second-order valence-corrected chi connectivity index (χ2v) is 5.24. The maximum absolute atomic E-state index is 2.35. The van der Waals surface area contributed by atoms with Crippen molar-refractivity contribution in [2.24, 2.45) is 0 Å². The first-order valence-corrected chi connectivity index (χ1v) is 6.83. The van der Waals surface area contributed by atoms with Crippen molar-refractivity contribution in [3.05, 3.63) is 71.8 Å². The summed E-state index contributed by atoms with van der Waals surface area (Å²) in [6, 6.07) is 22.5. The van der Waals surface area contributed by atoms with E-state index >= 15 is 0 Å². The van der Waals surface area contributed by atoms with Crippen LogP contribution in [0.2, 0.25) is 0 Å². The van der Waals surface area contributed by atoms with Gasteiger partial charge in [0.05, 0.1) is 12.1 Å². The van der Waals surface area contributed by atoms with E-state index in [1.807, 2.05) is 0 Å². The van der Waals surface area contributed by atoms with E-state index in [-0.39, 0.29) is 0 Å². The Hall–Kier alpha value is -1.64. The van der Waals surface area contributed by atoms with Crippen molar-refractivity contribution in [1.82, 2.24) is 10.0 Å². The first kappa shape index (κ1) is 12.4. The summed E-state index contributed by atoms with van der Waals surface area (Å²) < 4.78 is 0. The van der Waals surface area contributed by atoms with E-state index in [0.29, 0.717) is 12.1 Å². The zero-order valence-electron chi connectivity index (χ0n) is 11.5. The van der Waals surface area contributed by atoms with Crippen LogP contribution in [0, 0.1) is 0 Å². The molecule has 1 heterocycles. The van der Waals surface area contributed by atoms with Crippen LogP contribution in [0.4, 0.5) is 0 Å². The second kappa shape index (κ2) is 5.16. The van der Waals surface area contributed by atoms with Gasteiger partial charge in [0, 0.05) is 14.1 Å². The van der Waals surface area contributed by atoms with Crippen LogP contribution in [0.1, 0.15) is 29.6 Å². The van der Waals surface area contributed by atoms with E-state index in [1.54, 1.807) is 0 Å². The molecule has 1 aliphatic heterocycles. The first-order chi connectivity index (χ1) is 9.27. The minimum absolute atomic E-state index is 0.469. The zero-order chi connectivity index (χ0) is 13.2. The van der Waals surface area contributed by atoms with Crippen LogP contribution in [-0.2, 0) is 0 Å². The van der Waals surface area contributed by atoms with Gasteiger partial charge in [0.1, 0.15) is 0 Å². The van der Waals surface area contributed by atoms with Crippen LogP contribution < -0.4 is 0 Å². The van der Waals surface area contributed by atoms with Crippen LogP contribution in [-0.4, -0.2) is 24.1 Å². The minimum atomic E-state index is 0.469. The normalized spacial score (nSPS) is 24.7. The van der Waals surface area contributed by atoms with Gasteiger partial charge in [-0.2, -0.15) is 0 Å². The molecule has 0 saturated carbocycles. The fraction of sp³-hybridized carbons (Fsp3) is 0.294. The van der Waals surface area contributed by atoms with Gasteiger partial charge in [-0.1, -0.05) is 60.7 Å². The van der Waals surface area contributed by atoms with Gasteiger partial charge in [0.2, 0.25) is 0 Å². The molecule has 2 atom stereocenters. The summed E-state index contributed by atoms with van der Waals surface area (Å²) in [5.41, 5.74) is 2.80. The van der Waals surface area contributed by atoms with Gasteiger partial charge >= 0.3 is 0 Å². The van der Waals surface area contributed by atoms with Gasteiger partial charge in [-0.05, 0) is 17.5 Å². The number of rotatable bonds is 2. The summed E-state index contributed by atoms with van der Waals surface area (Å²) in [7, 11) is 4.36. The molecule has 3 rings (SSSR count). The molecule has 19 heavy (non-hydrogen) atoms. The molecule has 0 unspecified atom stereocenters. The smallest absolute Gasteiger partial charge is 0.0511 e. The molecule has 0 amide bonds. The van der Waals surface area contributed by atoms with Crippen LogP contribution >= 0.6 is 0 Å². The van der Waals surface area contributed by atoms with Gasteiger partial charge in [0.25, 0.3) is 0 Å². The Morgan fingerprint density at radius 1 is 0.684 bits per heavy atom. The van der Waals surface area contributed by atoms with Crippen molar-refractivity contribution in [1.29, 1.82) is 0 Å². The van der Waals surface area contributed by atoms with E-state index in [9.17, 15) is 0 Å². The molecule has 1 fully saturated rings. The largest absolute Gasteiger partial charge is 0.237 e. The third-order valence-electron chi connectivity index (χ3n) is 4.21. The molecule has 2 nitrogen and oxygen atoms in total. The molecule has 0 aliphatic carbocycles. The standard InChI is InChI=1S/C17H20N2/c1-18-16(14-9-5-3-6-10-14)13-17(19(18)2)15-11-7-4-8-12-15/h3-12,16-17H,13H2,1-2H3/t16-,17-/m1/s1. The highest BCUT2D eigenvalue weighted by molar-refractivity contribution is 5.24. The second-order valence-electron chi connectivity index (χ2n) is 5.24. The van der Waals surface area contributed by atoms with Crippen molar-refractivity contribution in [2.45, 2.75) is 18.5 Å². The Morgan fingerprint density at radius 2 is 1.05 bits per heavy atom. The molecule has 2 aromatic rings. The number of hydrazine groups is 1. The fourth-order valence-electron chi connectivity index (χ4n) is 3.01. The Balaban J connectivity index is 1.88. The van der Waals surface area contributed by atoms with E-state index in [1.165, 1.54) is 11.1 Å². The van der Waals surface area contributed by atoms with Gasteiger partial charge in [0.15, 0.2) is 0 Å². The molecule has 2 heteroatoms. The highest BCUT2D eigenvalue weighted by atomic mass is 15.6. The molecule has 0 bridgehead atoms. The minimum Gasteiger partial charge on any atom is -0.237 e. The summed E-state index contributed by atoms with van der Waals surface area (Å²) in [6.45, 7) is 0. The van der Waals surface area contributed by atoms with Crippen LogP contribution in [0.5, 0.6) is 0 Å². The molecular formula is C17H20N2. The summed E-state index contributed by atoms with van der Waals surface area (Å²) >= 11 is 0. The molecule has 2 aromatic carbocycles. The Morgan fingerprint density at radius 3 is 1.42 bits per heavy atom. The topological polar surface area (TPSA) is 6.48 Å². The highest BCUT2D eigenvalue weighted by Gasteiger charge is 2.35.